The summed E-state index contributed by atoms with van der Waals surface area (Å²) >= 11 is 8.56. The molecule has 0 aliphatic heterocycles. The van der Waals surface area contributed by atoms with Gasteiger partial charge in [-0.15, -0.1) is 0 Å². The molecule has 1 aliphatic carbocycles. The second kappa shape index (κ2) is 5.54. The SMILES string of the molecule is NC(=S)c1cc(Br)ccc1NCC1Cc2ccccc21. The van der Waals surface area contributed by atoms with Crippen LogP contribution in [0.2, 0.25) is 0 Å². The summed E-state index contributed by atoms with van der Waals surface area (Å²) in [6.45, 7) is 0.911. The van der Waals surface area contributed by atoms with Crippen LogP contribution in [-0.4, -0.2) is 11.5 Å². The lowest BCUT2D eigenvalue weighted by molar-refractivity contribution is 0.636. The van der Waals surface area contributed by atoms with Crippen molar-refractivity contribution < 1.29 is 0 Å². The number of benzene rings is 2. The van der Waals surface area contributed by atoms with E-state index in [1.54, 1.807) is 0 Å². The number of thiocarbonyl (C=S) groups is 1. The van der Waals surface area contributed by atoms with Gasteiger partial charge in [0.05, 0.1) is 0 Å². The maximum atomic E-state index is 5.78. The summed E-state index contributed by atoms with van der Waals surface area (Å²) in [5.74, 6) is 0.578. The fourth-order valence-electron chi connectivity index (χ4n) is 2.65. The van der Waals surface area contributed by atoms with Gasteiger partial charge in [-0.3, -0.25) is 0 Å². The van der Waals surface area contributed by atoms with E-state index in [0.29, 0.717) is 10.9 Å². The minimum atomic E-state index is 0.419. The van der Waals surface area contributed by atoms with Crippen molar-refractivity contribution in [3.8, 4) is 0 Å². The lowest BCUT2D eigenvalue weighted by Gasteiger charge is -2.30. The zero-order valence-electron chi connectivity index (χ0n) is 10.9. The molecule has 2 aromatic rings. The Morgan fingerprint density at radius 3 is 2.85 bits per heavy atom. The van der Waals surface area contributed by atoms with E-state index >= 15 is 0 Å². The average Bonchev–Trinajstić information content (AvgIpc) is 2.41. The summed E-state index contributed by atoms with van der Waals surface area (Å²) < 4.78 is 0.986. The largest absolute Gasteiger partial charge is 0.389 e. The molecule has 0 saturated heterocycles. The van der Waals surface area contributed by atoms with Crippen molar-refractivity contribution in [2.24, 2.45) is 5.73 Å². The van der Waals surface area contributed by atoms with Crippen molar-refractivity contribution in [3.63, 3.8) is 0 Å². The van der Waals surface area contributed by atoms with Gasteiger partial charge in [-0.25, -0.2) is 0 Å². The first-order valence-electron chi connectivity index (χ1n) is 6.56. The highest BCUT2D eigenvalue weighted by Crippen LogP contribution is 2.35. The molecule has 1 unspecified atom stereocenters. The van der Waals surface area contributed by atoms with Crippen molar-refractivity contribution in [2.75, 3.05) is 11.9 Å². The Hall–Kier alpha value is -1.39. The first-order chi connectivity index (χ1) is 9.65. The summed E-state index contributed by atoms with van der Waals surface area (Å²) in [6, 6.07) is 14.6. The van der Waals surface area contributed by atoms with Gasteiger partial charge >= 0.3 is 0 Å². The van der Waals surface area contributed by atoms with Crippen LogP contribution >= 0.6 is 28.1 Å². The standard InChI is InChI=1S/C16H15BrN2S/c17-12-5-6-15(14(8-12)16(18)20)19-9-11-7-10-3-1-2-4-13(10)11/h1-6,8,11,19H,7,9H2,(H2,18,20). The van der Waals surface area contributed by atoms with Crippen LogP contribution < -0.4 is 11.1 Å². The summed E-state index contributed by atoms with van der Waals surface area (Å²) in [5, 5.41) is 3.48. The molecule has 0 heterocycles. The number of hydrogen-bond acceptors (Lipinski definition) is 2. The van der Waals surface area contributed by atoms with Gasteiger partial charge in [-0.2, -0.15) is 0 Å². The molecule has 0 amide bonds. The second-order valence-electron chi connectivity index (χ2n) is 5.03. The molecule has 102 valence electrons. The lowest BCUT2D eigenvalue weighted by Crippen LogP contribution is -2.25. The Labute approximate surface area is 132 Å². The first-order valence-corrected chi connectivity index (χ1v) is 7.76. The topological polar surface area (TPSA) is 38.0 Å². The van der Waals surface area contributed by atoms with Crippen molar-refractivity contribution >= 4 is 38.8 Å². The van der Waals surface area contributed by atoms with Crippen LogP contribution in [0.5, 0.6) is 0 Å². The van der Waals surface area contributed by atoms with Crippen LogP contribution in [0, 0.1) is 0 Å². The van der Waals surface area contributed by atoms with Crippen LogP contribution in [0.1, 0.15) is 22.6 Å². The van der Waals surface area contributed by atoms with Crippen LogP contribution in [-0.2, 0) is 6.42 Å². The fourth-order valence-corrected chi connectivity index (χ4v) is 3.18. The smallest absolute Gasteiger partial charge is 0.106 e. The lowest BCUT2D eigenvalue weighted by atomic mass is 9.77. The minimum absolute atomic E-state index is 0.419. The molecular formula is C16H15BrN2S. The third kappa shape index (κ3) is 2.58. The molecule has 0 fully saturated rings. The maximum absolute atomic E-state index is 5.78. The number of rotatable bonds is 4. The van der Waals surface area contributed by atoms with Gasteiger partial charge in [-0.05, 0) is 35.7 Å². The van der Waals surface area contributed by atoms with E-state index in [1.807, 2.05) is 18.2 Å². The van der Waals surface area contributed by atoms with Gasteiger partial charge in [0.1, 0.15) is 4.99 Å². The third-order valence-electron chi connectivity index (χ3n) is 3.75. The molecule has 0 saturated carbocycles. The predicted octanol–water partition coefficient (Wildman–Crippen LogP) is 3.84. The highest BCUT2D eigenvalue weighted by Gasteiger charge is 2.25. The van der Waals surface area contributed by atoms with Gasteiger partial charge in [0.25, 0.3) is 0 Å². The number of hydrogen-bond donors (Lipinski definition) is 2. The van der Waals surface area contributed by atoms with Crippen LogP contribution in [0.3, 0.4) is 0 Å². The minimum Gasteiger partial charge on any atom is -0.389 e. The molecule has 4 heteroatoms. The van der Waals surface area contributed by atoms with Crippen molar-refractivity contribution in [1.29, 1.82) is 0 Å². The second-order valence-corrected chi connectivity index (χ2v) is 6.39. The fraction of sp³-hybridized carbons (Fsp3) is 0.188. The molecule has 1 atom stereocenters. The third-order valence-corrected chi connectivity index (χ3v) is 4.46. The highest BCUT2D eigenvalue weighted by atomic mass is 79.9. The number of anilines is 1. The maximum Gasteiger partial charge on any atom is 0.106 e. The highest BCUT2D eigenvalue weighted by molar-refractivity contribution is 9.10. The molecule has 20 heavy (non-hydrogen) atoms. The van der Waals surface area contributed by atoms with E-state index in [9.17, 15) is 0 Å². The Kier molecular flexibility index (Phi) is 3.76. The van der Waals surface area contributed by atoms with Crippen molar-refractivity contribution in [1.82, 2.24) is 0 Å². The molecular weight excluding hydrogens is 332 g/mol. The predicted molar refractivity (Wildman–Crippen MR) is 91.4 cm³/mol. The van der Waals surface area contributed by atoms with Gasteiger partial charge in [0, 0.05) is 28.2 Å². The molecule has 0 aromatic heterocycles. The molecule has 2 aromatic carbocycles. The van der Waals surface area contributed by atoms with Gasteiger partial charge in [0.2, 0.25) is 0 Å². The summed E-state index contributed by atoms with van der Waals surface area (Å²) in [7, 11) is 0. The average molecular weight is 347 g/mol. The normalized spacial score (nSPS) is 16.1. The molecule has 0 spiro atoms. The molecule has 2 nitrogen and oxygen atoms in total. The number of nitrogens with one attached hydrogen (secondary N) is 1. The van der Waals surface area contributed by atoms with E-state index in [4.69, 9.17) is 18.0 Å². The van der Waals surface area contributed by atoms with Gasteiger partial charge < -0.3 is 11.1 Å². The first kappa shape index (κ1) is 13.6. The number of halogens is 1. The summed E-state index contributed by atoms with van der Waals surface area (Å²) in [6.07, 6.45) is 1.14. The summed E-state index contributed by atoms with van der Waals surface area (Å²) in [4.78, 5) is 0.419. The number of fused-ring (bicyclic) bond motifs is 1. The van der Waals surface area contributed by atoms with Crippen molar-refractivity contribution in [3.05, 3.63) is 63.6 Å². The Morgan fingerprint density at radius 2 is 2.10 bits per heavy atom. The zero-order chi connectivity index (χ0) is 14.1. The summed E-state index contributed by atoms with van der Waals surface area (Å²) in [5.41, 5.74) is 10.6. The Balaban J connectivity index is 1.73. The van der Waals surface area contributed by atoms with E-state index in [2.05, 4.69) is 45.5 Å². The van der Waals surface area contributed by atoms with Gasteiger partial charge in [-0.1, -0.05) is 52.4 Å². The Bertz CT molecular complexity index is 669. The molecule has 1 aliphatic rings. The molecule has 3 N–H and O–H groups in total. The van der Waals surface area contributed by atoms with E-state index in [-0.39, 0.29) is 0 Å². The zero-order valence-corrected chi connectivity index (χ0v) is 13.3. The van der Waals surface area contributed by atoms with Crippen LogP contribution in [0.25, 0.3) is 0 Å². The quantitative estimate of drug-likeness (QED) is 0.826. The van der Waals surface area contributed by atoms with E-state index in [1.165, 1.54) is 11.1 Å². The van der Waals surface area contributed by atoms with Crippen LogP contribution in [0.15, 0.2) is 46.9 Å². The van der Waals surface area contributed by atoms with Crippen LogP contribution in [0.4, 0.5) is 5.69 Å². The molecule has 0 bridgehead atoms. The molecule has 3 rings (SSSR count). The van der Waals surface area contributed by atoms with E-state index in [0.717, 1.165) is 28.7 Å². The van der Waals surface area contributed by atoms with Crippen molar-refractivity contribution in [2.45, 2.75) is 12.3 Å². The number of nitrogens with two attached hydrogens (primary N) is 1. The van der Waals surface area contributed by atoms with E-state index < -0.39 is 0 Å². The van der Waals surface area contributed by atoms with Gasteiger partial charge in [0.15, 0.2) is 0 Å². The molecule has 0 radical (unpaired) electrons. The Morgan fingerprint density at radius 1 is 1.30 bits per heavy atom. The monoisotopic (exact) mass is 346 g/mol.